The van der Waals surface area contributed by atoms with Gasteiger partial charge in [0.25, 0.3) is 0 Å². The van der Waals surface area contributed by atoms with E-state index in [-0.39, 0.29) is 6.04 Å². The van der Waals surface area contributed by atoms with Crippen LogP contribution in [0.3, 0.4) is 0 Å². The molecule has 1 atom stereocenters. The molecule has 0 bridgehead atoms. The molecule has 100 valence electrons. The molecule has 0 radical (unpaired) electrons. The molecule has 2 aromatic rings. The van der Waals surface area contributed by atoms with Gasteiger partial charge in [0.1, 0.15) is 5.75 Å². The van der Waals surface area contributed by atoms with Crippen LogP contribution >= 0.6 is 0 Å². The van der Waals surface area contributed by atoms with Crippen molar-refractivity contribution in [3.63, 3.8) is 0 Å². The zero-order valence-electron chi connectivity index (χ0n) is 11.6. The molecule has 19 heavy (non-hydrogen) atoms. The van der Waals surface area contributed by atoms with Gasteiger partial charge in [0, 0.05) is 18.6 Å². The Morgan fingerprint density at radius 1 is 1.32 bits per heavy atom. The lowest BCUT2D eigenvalue weighted by molar-refractivity contribution is 0.406. The van der Waals surface area contributed by atoms with Gasteiger partial charge < -0.3 is 10.1 Å². The average Bonchev–Trinajstić information content (AvgIpc) is 2.46. The summed E-state index contributed by atoms with van der Waals surface area (Å²) >= 11 is 0. The number of hydrogen-bond acceptors (Lipinski definition) is 4. The lowest BCUT2D eigenvalue weighted by Gasteiger charge is -2.17. The van der Waals surface area contributed by atoms with Crippen LogP contribution in [0.5, 0.6) is 5.75 Å². The van der Waals surface area contributed by atoms with Crippen LogP contribution in [0.2, 0.25) is 0 Å². The number of methoxy groups -OCH3 is 1. The Bertz CT molecular complexity index is 528. The third-order valence-corrected chi connectivity index (χ3v) is 3.15. The van der Waals surface area contributed by atoms with E-state index in [1.165, 1.54) is 11.1 Å². The Hall–Kier alpha value is -1.94. The maximum Gasteiger partial charge on any atom is 0.122 e. The number of hydrogen-bond donors (Lipinski definition) is 1. The van der Waals surface area contributed by atoms with Gasteiger partial charge in [0.2, 0.25) is 0 Å². The Kier molecular flexibility index (Phi) is 4.47. The fourth-order valence-electron chi connectivity index (χ4n) is 2.13. The maximum atomic E-state index is 5.42. The molecule has 4 heteroatoms. The summed E-state index contributed by atoms with van der Waals surface area (Å²) in [6, 6.07) is 6.34. The Labute approximate surface area is 113 Å². The molecule has 2 rings (SSSR count). The predicted octanol–water partition coefficient (Wildman–Crippen LogP) is 2.30. The van der Waals surface area contributed by atoms with E-state index in [1.807, 2.05) is 13.1 Å². The molecule has 0 aliphatic rings. The van der Waals surface area contributed by atoms with E-state index in [1.54, 1.807) is 25.7 Å². The van der Waals surface area contributed by atoms with E-state index in [0.29, 0.717) is 0 Å². The van der Waals surface area contributed by atoms with Crippen molar-refractivity contribution in [2.75, 3.05) is 14.2 Å². The highest BCUT2D eigenvalue weighted by molar-refractivity contribution is 5.37. The topological polar surface area (TPSA) is 47.0 Å². The quantitative estimate of drug-likeness (QED) is 0.892. The summed E-state index contributed by atoms with van der Waals surface area (Å²) in [5, 5.41) is 3.28. The van der Waals surface area contributed by atoms with Gasteiger partial charge in [-0.2, -0.15) is 0 Å². The molecule has 1 aromatic heterocycles. The Morgan fingerprint density at radius 3 is 2.79 bits per heavy atom. The monoisotopic (exact) mass is 257 g/mol. The van der Waals surface area contributed by atoms with Gasteiger partial charge in [-0.1, -0.05) is 17.7 Å². The van der Waals surface area contributed by atoms with Crippen LogP contribution in [0, 0.1) is 6.92 Å². The lowest BCUT2D eigenvalue weighted by Crippen LogP contribution is -2.20. The molecule has 4 nitrogen and oxygen atoms in total. The van der Waals surface area contributed by atoms with E-state index < -0.39 is 0 Å². The number of likely N-dealkylation sites (N-methyl/N-ethyl adjacent to an activating group) is 1. The molecular formula is C15H19N3O. The fraction of sp³-hybridized carbons (Fsp3) is 0.333. The van der Waals surface area contributed by atoms with Gasteiger partial charge in [-0.05, 0) is 32.0 Å². The molecule has 1 heterocycles. The van der Waals surface area contributed by atoms with Crippen molar-refractivity contribution >= 4 is 0 Å². The van der Waals surface area contributed by atoms with Crippen molar-refractivity contribution in [1.82, 2.24) is 15.3 Å². The molecule has 0 spiro atoms. The number of benzene rings is 1. The van der Waals surface area contributed by atoms with E-state index in [9.17, 15) is 0 Å². The molecule has 1 N–H and O–H groups in total. The van der Waals surface area contributed by atoms with Crippen molar-refractivity contribution in [2.45, 2.75) is 19.4 Å². The van der Waals surface area contributed by atoms with E-state index in [2.05, 4.69) is 34.3 Å². The number of aryl methyl sites for hydroxylation is 1. The summed E-state index contributed by atoms with van der Waals surface area (Å²) in [4.78, 5) is 8.48. The zero-order valence-corrected chi connectivity index (χ0v) is 11.6. The van der Waals surface area contributed by atoms with E-state index >= 15 is 0 Å². The minimum atomic E-state index is 0.129. The van der Waals surface area contributed by atoms with Gasteiger partial charge >= 0.3 is 0 Å². The largest absolute Gasteiger partial charge is 0.496 e. The minimum Gasteiger partial charge on any atom is -0.496 e. The number of rotatable bonds is 5. The number of ether oxygens (including phenoxy) is 1. The Morgan fingerprint density at radius 2 is 2.16 bits per heavy atom. The molecular weight excluding hydrogens is 238 g/mol. The van der Waals surface area contributed by atoms with Crippen LogP contribution in [0.25, 0.3) is 0 Å². The highest BCUT2D eigenvalue weighted by Gasteiger charge is 2.14. The first-order chi connectivity index (χ1) is 9.24. The van der Waals surface area contributed by atoms with Crippen molar-refractivity contribution in [3.05, 3.63) is 53.6 Å². The molecule has 0 aliphatic carbocycles. The normalized spacial score (nSPS) is 12.2. The van der Waals surface area contributed by atoms with Gasteiger partial charge in [-0.3, -0.25) is 9.97 Å². The van der Waals surface area contributed by atoms with Crippen molar-refractivity contribution in [3.8, 4) is 5.75 Å². The maximum absolute atomic E-state index is 5.42. The number of nitrogens with zero attached hydrogens (tertiary/aromatic N) is 2. The summed E-state index contributed by atoms with van der Waals surface area (Å²) < 4.78 is 5.42. The summed E-state index contributed by atoms with van der Waals surface area (Å²) in [6.45, 7) is 2.08. The van der Waals surface area contributed by atoms with Gasteiger partial charge in [0.15, 0.2) is 0 Å². The zero-order chi connectivity index (χ0) is 13.7. The smallest absolute Gasteiger partial charge is 0.122 e. The van der Waals surface area contributed by atoms with Gasteiger partial charge in [0.05, 0.1) is 18.8 Å². The van der Waals surface area contributed by atoms with Crippen molar-refractivity contribution in [1.29, 1.82) is 0 Å². The Balaban J connectivity index is 2.26. The summed E-state index contributed by atoms with van der Waals surface area (Å²) in [5.74, 6) is 0.912. The number of nitrogens with one attached hydrogen (secondary N) is 1. The third-order valence-electron chi connectivity index (χ3n) is 3.15. The van der Waals surface area contributed by atoms with E-state index in [0.717, 1.165) is 17.9 Å². The number of aromatic nitrogens is 2. The standard InChI is InChI=1S/C15H19N3O/c1-11-4-5-15(19-3)12(8-11)9-13(16-2)14-10-17-6-7-18-14/h4-8,10,13,16H,9H2,1-3H3. The van der Waals surface area contributed by atoms with Gasteiger partial charge in [-0.15, -0.1) is 0 Å². The summed E-state index contributed by atoms with van der Waals surface area (Å²) in [5.41, 5.74) is 3.34. The fourth-order valence-corrected chi connectivity index (χ4v) is 2.13. The molecule has 0 saturated heterocycles. The van der Waals surface area contributed by atoms with Crippen molar-refractivity contribution in [2.24, 2.45) is 0 Å². The SMILES string of the molecule is CNC(Cc1cc(C)ccc1OC)c1cnccn1. The minimum absolute atomic E-state index is 0.129. The highest BCUT2D eigenvalue weighted by atomic mass is 16.5. The molecule has 0 amide bonds. The van der Waals surface area contributed by atoms with Crippen LogP contribution < -0.4 is 10.1 Å². The average molecular weight is 257 g/mol. The second-order valence-corrected chi connectivity index (χ2v) is 4.49. The van der Waals surface area contributed by atoms with Gasteiger partial charge in [-0.25, -0.2) is 0 Å². The molecule has 1 unspecified atom stereocenters. The van der Waals surface area contributed by atoms with E-state index in [4.69, 9.17) is 4.74 Å². The summed E-state index contributed by atoms with van der Waals surface area (Å²) in [7, 11) is 3.63. The first-order valence-electron chi connectivity index (χ1n) is 6.31. The first kappa shape index (κ1) is 13.5. The van der Waals surface area contributed by atoms with Crippen LogP contribution in [0.4, 0.5) is 0 Å². The predicted molar refractivity (Wildman–Crippen MR) is 75.3 cm³/mol. The summed E-state index contributed by atoms with van der Waals surface area (Å²) in [6.07, 6.45) is 6.01. The molecule has 1 aromatic carbocycles. The van der Waals surface area contributed by atoms with Crippen LogP contribution in [0.15, 0.2) is 36.8 Å². The second kappa shape index (κ2) is 6.29. The highest BCUT2D eigenvalue weighted by Crippen LogP contribution is 2.25. The lowest BCUT2D eigenvalue weighted by atomic mass is 10.0. The molecule has 0 fully saturated rings. The van der Waals surface area contributed by atoms with Crippen LogP contribution in [0.1, 0.15) is 22.9 Å². The third kappa shape index (κ3) is 3.29. The van der Waals surface area contributed by atoms with Crippen LogP contribution in [-0.4, -0.2) is 24.1 Å². The molecule has 0 saturated carbocycles. The molecule has 0 aliphatic heterocycles. The van der Waals surface area contributed by atoms with Crippen LogP contribution in [-0.2, 0) is 6.42 Å². The van der Waals surface area contributed by atoms with Crippen molar-refractivity contribution < 1.29 is 4.74 Å². The second-order valence-electron chi connectivity index (χ2n) is 4.49. The first-order valence-corrected chi connectivity index (χ1v) is 6.31.